The highest BCUT2D eigenvalue weighted by Gasteiger charge is 2.16. The predicted molar refractivity (Wildman–Crippen MR) is 78.0 cm³/mol. The van der Waals surface area contributed by atoms with Crippen molar-refractivity contribution in [3.63, 3.8) is 0 Å². The van der Waals surface area contributed by atoms with E-state index in [2.05, 4.69) is 38.2 Å². The monoisotopic (exact) mass is 263 g/mol. The Kier molecular flexibility index (Phi) is 5.08. The number of hydrogen-bond donors (Lipinski definition) is 1. The van der Waals surface area contributed by atoms with Gasteiger partial charge in [0.25, 0.3) is 0 Å². The minimum absolute atomic E-state index is 0.340. The number of hydrogen-bond acceptors (Lipinski definition) is 3. The third kappa shape index (κ3) is 3.63. The van der Waals surface area contributed by atoms with E-state index in [0.29, 0.717) is 25.3 Å². The van der Waals surface area contributed by atoms with Gasteiger partial charge in [-0.05, 0) is 37.5 Å². The first kappa shape index (κ1) is 14.2. The molecule has 2 atom stereocenters. The summed E-state index contributed by atoms with van der Waals surface area (Å²) in [7, 11) is 0. The van der Waals surface area contributed by atoms with E-state index in [9.17, 15) is 0 Å². The van der Waals surface area contributed by atoms with Crippen LogP contribution in [0.3, 0.4) is 0 Å². The van der Waals surface area contributed by atoms with E-state index in [4.69, 9.17) is 9.47 Å². The molecule has 1 aromatic carbocycles. The van der Waals surface area contributed by atoms with Gasteiger partial charge < -0.3 is 14.8 Å². The van der Waals surface area contributed by atoms with Crippen molar-refractivity contribution < 1.29 is 9.47 Å². The molecule has 19 heavy (non-hydrogen) atoms. The van der Waals surface area contributed by atoms with E-state index in [1.54, 1.807) is 0 Å². The molecule has 0 bridgehead atoms. The molecule has 0 amide bonds. The van der Waals surface area contributed by atoms with Crippen LogP contribution < -0.4 is 14.8 Å². The summed E-state index contributed by atoms with van der Waals surface area (Å²) < 4.78 is 11.2. The topological polar surface area (TPSA) is 30.5 Å². The van der Waals surface area contributed by atoms with Crippen LogP contribution in [-0.4, -0.2) is 19.3 Å². The molecule has 0 aliphatic carbocycles. The molecule has 3 nitrogen and oxygen atoms in total. The second-order valence-electron chi connectivity index (χ2n) is 5.19. The average molecular weight is 263 g/mol. The lowest BCUT2D eigenvalue weighted by Crippen LogP contribution is -2.31. The summed E-state index contributed by atoms with van der Waals surface area (Å²) in [6.07, 6.45) is 3.62. The normalized spacial score (nSPS) is 17.0. The number of fused-ring (bicyclic) bond motifs is 1. The Hall–Kier alpha value is -1.22. The molecule has 0 spiro atoms. The van der Waals surface area contributed by atoms with Gasteiger partial charge in [0.15, 0.2) is 11.5 Å². The Bertz CT molecular complexity index is 406. The number of nitrogens with one attached hydrogen (secondary N) is 1. The number of rotatable bonds is 6. The Balaban J connectivity index is 2.04. The van der Waals surface area contributed by atoms with Gasteiger partial charge in [-0.25, -0.2) is 0 Å². The molecule has 106 valence electrons. The van der Waals surface area contributed by atoms with Crippen LogP contribution in [0.4, 0.5) is 0 Å². The van der Waals surface area contributed by atoms with E-state index in [1.165, 1.54) is 24.8 Å². The van der Waals surface area contributed by atoms with Gasteiger partial charge in [0.1, 0.15) is 13.2 Å². The maximum absolute atomic E-state index is 5.64. The molecule has 0 saturated carbocycles. The highest BCUT2D eigenvalue weighted by Crippen LogP contribution is 2.32. The van der Waals surface area contributed by atoms with E-state index < -0.39 is 0 Å². The van der Waals surface area contributed by atoms with Gasteiger partial charge in [-0.1, -0.05) is 26.3 Å². The van der Waals surface area contributed by atoms with E-state index in [-0.39, 0.29) is 0 Å². The van der Waals surface area contributed by atoms with Crippen molar-refractivity contribution in [2.75, 3.05) is 13.2 Å². The maximum atomic E-state index is 5.64. The molecule has 1 aromatic rings. The van der Waals surface area contributed by atoms with Gasteiger partial charge >= 0.3 is 0 Å². The second kappa shape index (κ2) is 6.80. The lowest BCUT2D eigenvalue weighted by atomic mass is 10.0. The SMILES string of the molecule is CCCC(CC)NC(C)c1ccc2c(c1)OCCO2. The number of ether oxygens (including phenoxy) is 2. The van der Waals surface area contributed by atoms with Crippen molar-refractivity contribution in [3.05, 3.63) is 23.8 Å². The van der Waals surface area contributed by atoms with E-state index in [1.807, 2.05) is 6.07 Å². The van der Waals surface area contributed by atoms with Crippen molar-refractivity contribution in [2.24, 2.45) is 0 Å². The maximum Gasteiger partial charge on any atom is 0.161 e. The highest BCUT2D eigenvalue weighted by molar-refractivity contribution is 5.44. The molecular weight excluding hydrogens is 238 g/mol. The Labute approximate surface area is 116 Å². The van der Waals surface area contributed by atoms with E-state index in [0.717, 1.165) is 11.5 Å². The highest BCUT2D eigenvalue weighted by atomic mass is 16.6. The third-order valence-corrected chi connectivity index (χ3v) is 3.68. The summed E-state index contributed by atoms with van der Waals surface area (Å²) in [6, 6.07) is 7.18. The summed E-state index contributed by atoms with van der Waals surface area (Å²) in [4.78, 5) is 0. The van der Waals surface area contributed by atoms with Gasteiger partial charge in [0.2, 0.25) is 0 Å². The molecule has 1 N–H and O–H groups in total. The van der Waals surface area contributed by atoms with Crippen LogP contribution in [0.15, 0.2) is 18.2 Å². The Morgan fingerprint density at radius 1 is 1.16 bits per heavy atom. The molecule has 2 unspecified atom stereocenters. The molecule has 0 saturated heterocycles. The van der Waals surface area contributed by atoms with Crippen molar-refractivity contribution in [2.45, 2.75) is 52.1 Å². The molecule has 1 heterocycles. The predicted octanol–water partition coefficient (Wildman–Crippen LogP) is 3.69. The lowest BCUT2D eigenvalue weighted by Gasteiger charge is -2.24. The molecule has 0 fully saturated rings. The summed E-state index contributed by atoms with van der Waals surface area (Å²) in [5.41, 5.74) is 1.26. The number of benzene rings is 1. The first-order valence-electron chi connectivity index (χ1n) is 7.40. The fourth-order valence-corrected chi connectivity index (χ4v) is 2.53. The third-order valence-electron chi connectivity index (χ3n) is 3.68. The van der Waals surface area contributed by atoms with Crippen LogP contribution in [-0.2, 0) is 0 Å². The zero-order valence-electron chi connectivity index (χ0n) is 12.2. The largest absolute Gasteiger partial charge is 0.486 e. The summed E-state index contributed by atoms with van der Waals surface area (Å²) in [5, 5.41) is 3.69. The van der Waals surface area contributed by atoms with Crippen molar-refractivity contribution >= 4 is 0 Å². The minimum Gasteiger partial charge on any atom is -0.486 e. The van der Waals surface area contributed by atoms with Gasteiger partial charge in [-0.3, -0.25) is 0 Å². The molecule has 0 radical (unpaired) electrons. The quantitative estimate of drug-likeness (QED) is 0.849. The van der Waals surface area contributed by atoms with Crippen molar-refractivity contribution in [1.82, 2.24) is 5.32 Å². The minimum atomic E-state index is 0.340. The second-order valence-corrected chi connectivity index (χ2v) is 5.19. The molecular formula is C16H25NO2. The van der Waals surface area contributed by atoms with Crippen LogP contribution in [0.5, 0.6) is 11.5 Å². The van der Waals surface area contributed by atoms with Gasteiger partial charge in [-0.15, -0.1) is 0 Å². The van der Waals surface area contributed by atoms with E-state index >= 15 is 0 Å². The standard InChI is InChI=1S/C16H25NO2/c1-4-6-14(5-2)17-12(3)13-7-8-15-16(11-13)19-10-9-18-15/h7-8,11-12,14,17H,4-6,9-10H2,1-3H3. The molecule has 1 aliphatic rings. The summed E-state index contributed by atoms with van der Waals surface area (Å²) >= 11 is 0. The van der Waals surface area contributed by atoms with Crippen LogP contribution in [0, 0.1) is 0 Å². The van der Waals surface area contributed by atoms with Crippen molar-refractivity contribution in [3.8, 4) is 11.5 Å². The fourth-order valence-electron chi connectivity index (χ4n) is 2.53. The van der Waals surface area contributed by atoms with Gasteiger partial charge in [-0.2, -0.15) is 0 Å². The smallest absolute Gasteiger partial charge is 0.161 e. The first-order valence-corrected chi connectivity index (χ1v) is 7.40. The Morgan fingerprint density at radius 2 is 1.89 bits per heavy atom. The zero-order chi connectivity index (χ0) is 13.7. The Morgan fingerprint density at radius 3 is 2.58 bits per heavy atom. The summed E-state index contributed by atoms with van der Waals surface area (Å²) in [5.74, 6) is 1.74. The van der Waals surface area contributed by atoms with Crippen LogP contribution in [0.25, 0.3) is 0 Å². The summed E-state index contributed by atoms with van der Waals surface area (Å²) in [6.45, 7) is 7.98. The zero-order valence-corrected chi connectivity index (χ0v) is 12.2. The molecule has 1 aliphatic heterocycles. The first-order chi connectivity index (χ1) is 9.24. The van der Waals surface area contributed by atoms with Gasteiger partial charge in [0.05, 0.1) is 0 Å². The average Bonchev–Trinajstić information content (AvgIpc) is 2.46. The van der Waals surface area contributed by atoms with Crippen LogP contribution in [0.1, 0.15) is 51.6 Å². The molecule has 3 heteroatoms. The lowest BCUT2D eigenvalue weighted by molar-refractivity contribution is 0.171. The fraction of sp³-hybridized carbons (Fsp3) is 0.625. The molecule has 2 rings (SSSR count). The van der Waals surface area contributed by atoms with Crippen LogP contribution >= 0.6 is 0 Å². The van der Waals surface area contributed by atoms with Gasteiger partial charge in [0, 0.05) is 12.1 Å². The van der Waals surface area contributed by atoms with Crippen LogP contribution in [0.2, 0.25) is 0 Å². The molecule has 0 aromatic heterocycles. The van der Waals surface area contributed by atoms with Crippen molar-refractivity contribution in [1.29, 1.82) is 0 Å².